The van der Waals surface area contributed by atoms with Gasteiger partial charge in [-0.1, -0.05) is 6.08 Å². The lowest BCUT2D eigenvalue weighted by Gasteiger charge is -2.21. The van der Waals surface area contributed by atoms with Gasteiger partial charge in [-0.05, 0) is 13.1 Å². The van der Waals surface area contributed by atoms with Crippen molar-refractivity contribution in [3.63, 3.8) is 0 Å². The number of allylic oxidation sites excluding steroid dienone is 1. The summed E-state index contributed by atoms with van der Waals surface area (Å²) in [6, 6.07) is 0. The maximum Gasteiger partial charge on any atom is 0.125 e. The van der Waals surface area contributed by atoms with E-state index in [0.717, 1.165) is 25.1 Å². The first-order valence-electron chi connectivity index (χ1n) is 3.50. The highest BCUT2D eigenvalue weighted by atomic mass is 16.1. The number of likely N-dealkylation sites (N-methyl/N-ethyl adjacent to an activating group) is 1. The normalized spacial score (nSPS) is 17.3. The number of nitrogens with zero attached hydrogens (tertiary/aromatic N) is 1. The first-order valence-corrected chi connectivity index (χ1v) is 3.50. The van der Waals surface area contributed by atoms with Crippen molar-refractivity contribution < 1.29 is 4.79 Å². The highest BCUT2D eigenvalue weighted by Gasteiger charge is 2.05. The molecule has 0 spiro atoms. The van der Waals surface area contributed by atoms with Crippen LogP contribution in [0.4, 0.5) is 0 Å². The Morgan fingerprint density at radius 1 is 1.80 bits per heavy atom. The van der Waals surface area contributed by atoms with E-state index in [1.807, 2.05) is 18.2 Å². The third kappa shape index (κ3) is 1.49. The van der Waals surface area contributed by atoms with Gasteiger partial charge in [0.05, 0.1) is 0 Å². The van der Waals surface area contributed by atoms with Gasteiger partial charge in [0, 0.05) is 25.1 Å². The molecule has 0 atom stereocenters. The lowest BCUT2D eigenvalue weighted by molar-refractivity contribution is 0.415. The molecule has 2 heteroatoms. The molecule has 54 valence electrons. The van der Waals surface area contributed by atoms with E-state index < -0.39 is 0 Å². The second-order valence-electron chi connectivity index (χ2n) is 2.36. The van der Waals surface area contributed by atoms with Crippen molar-refractivity contribution in [3.8, 4) is 0 Å². The smallest absolute Gasteiger partial charge is 0.125 e. The third-order valence-corrected chi connectivity index (χ3v) is 1.62. The van der Waals surface area contributed by atoms with Crippen molar-refractivity contribution in [2.24, 2.45) is 0 Å². The van der Waals surface area contributed by atoms with Gasteiger partial charge < -0.3 is 4.90 Å². The molecule has 0 saturated carbocycles. The summed E-state index contributed by atoms with van der Waals surface area (Å²) in [6.07, 6.45) is 4.80. The topological polar surface area (TPSA) is 20.3 Å². The predicted molar refractivity (Wildman–Crippen MR) is 40.2 cm³/mol. The fraction of sp³-hybridized carbons (Fsp3) is 0.500. The molecule has 0 aliphatic carbocycles. The molecule has 0 N–H and O–H groups in total. The van der Waals surface area contributed by atoms with Crippen LogP contribution < -0.4 is 0 Å². The van der Waals surface area contributed by atoms with Gasteiger partial charge in [0.1, 0.15) is 5.94 Å². The van der Waals surface area contributed by atoms with Crippen LogP contribution in [0.3, 0.4) is 0 Å². The van der Waals surface area contributed by atoms with Gasteiger partial charge >= 0.3 is 0 Å². The van der Waals surface area contributed by atoms with Crippen molar-refractivity contribution in [2.75, 3.05) is 13.1 Å². The van der Waals surface area contributed by atoms with Crippen molar-refractivity contribution >= 4 is 5.94 Å². The van der Waals surface area contributed by atoms with Crippen LogP contribution >= 0.6 is 0 Å². The monoisotopic (exact) mass is 137 g/mol. The van der Waals surface area contributed by atoms with Crippen molar-refractivity contribution in [1.29, 1.82) is 0 Å². The zero-order chi connectivity index (χ0) is 7.40. The molecule has 0 bridgehead atoms. The summed E-state index contributed by atoms with van der Waals surface area (Å²) < 4.78 is 0. The molecule has 0 aromatic heterocycles. The standard InChI is InChI=1S/C8H11NO/c1-2-9-5-3-4-8(6-9)7-10/h3,5H,2,4,6H2,1H3. The van der Waals surface area contributed by atoms with Gasteiger partial charge in [0.15, 0.2) is 0 Å². The van der Waals surface area contributed by atoms with Crippen molar-refractivity contribution in [3.05, 3.63) is 17.8 Å². The summed E-state index contributed by atoms with van der Waals surface area (Å²) in [7, 11) is 0. The maximum atomic E-state index is 10.2. The quantitative estimate of drug-likeness (QED) is 0.502. The minimum atomic E-state index is 0.760. The van der Waals surface area contributed by atoms with Gasteiger partial charge in [0.25, 0.3) is 0 Å². The van der Waals surface area contributed by atoms with Gasteiger partial charge in [-0.2, -0.15) is 0 Å². The second-order valence-corrected chi connectivity index (χ2v) is 2.36. The average Bonchev–Trinajstić information content (AvgIpc) is 2.05. The molecule has 0 aromatic carbocycles. The van der Waals surface area contributed by atoms with Crippen LogP contribution in [0.5, 0.6) is 0 Å². The molecule has 1 aliphatic rings. The first kappa shape index (κ1) is 7.10. The molecule has 2 nitrogen and oxygen atoms in total. The molecule has 0 radical (unpaired) electrons. The molecule has 0 aromatic rings. The zero-order valence-electron chi connectivity index (χ0n) is 6.13. The summed E-state index contributed by atoms with van der Waals surface area (Å²) in [5.41, 5.74) is 0.851. The molecular weight excluding hydrogens is 126 g/mol. The Morgan fingerprint density at radius 2 is 2.60 bits per heavy atom. The van der Waals surface area contributed by atoms with Crippen molar-refractivity contribution in [2.45, 2.75) is 13.3 Å². The molecule has 1 rings (SSSR count). The van der Waals surface area contributed by atoms with E-state index in [2.05, 4.69) is 11.8 Å². The molecule has 0 saturated heterocycles. The molecule has 0 amide bonds. The molecule has 1 aliphatic heterocycles. The van der Waals surface area contributed by atoms with E-state index in [0.29, 0.717) is 0 Å². The highest BCUT2D eigenvalue weighted by Crippen LogP contribution is 2.08. The summed E-state index contributed by atoms with van der Waals surface area (Å²) >= 11 is 0. The highest BCUT2D eigenvalue weighted by molar-refractivity contribution is 5.54. The largest absolute Gasteiger partial charge is 0.373 e. The van der Waals surface area contributed by atoms with Gasteiger partial charge in [-0.25, -0.2) is 4.79 Å². The predicted octanol–water partition coefficient (Wildman–Crippen LogP) is 0.984. The zero-order valence-corrected chi connectivity index (χ0v) is 6.13. The fourth-order valence-electron chi connectivity index (χ4n) is 0.998. The summed E-state index contributed by atoms with van der Waals surface area (Å²) in [5.74, 6) is 1.94. The van der Waals surface area contributed by atoms with E-state index in [1.165, 1.54) is 0 Å². The number of hydrogen-bond donors (Lipinski definition) is 0. The Morgan fingerprint density at radius 3 is 3.20 bits per heavy atom. The Hall–Kier alpha value is -1.01. The van der Waals surface area contributed by atoms with Crippen LogP contribution in [0.15, 0.2) is 17.8 Å². The van der Waals surface area contributed by atoms with E-state index in [-0.39, 0.29) is 0 Å². The third-order valence-electron chi connectivity index (χ3n) is 1.62. The van der Waals surface area contributed by atoms with Crippen LogP contribution in [0.25, 0.3) is 0 Å². The van der Waals surface area contributed by atoms with Crippen LogP contribution in [-0.4, -0.2) is 23.9 Å². The van der Waals surface area contributed by atoms with Crippen LogP contribution in [0.2, 0.25) is 0 Å². The summed E-state index contributed by atoms with van der Waals surface area (Å²) in [6.45, 7) is 3.79. The van der Waals surface area contributed by atoms with E-state index in [4.69, 9.17) is 0 Å². The molecule has 0 fully saturated rings. The first-order chi connectivity index (χ1) is 4.86. The molecular formula is C8H11NO. The number of hydrogen-bond acceptors (Lipinski definition) is 2. The molecule has 10 heavy (non-hydrogen) atoms. The van der Waals surface area contributed by atoms with E-state index in [1.54, 1.807) is 0 Å². The van der Waals surface area contributed by atoms with E-state index in [9.17, 15) is 4.79 Å². The fourth-order valence-corrected chi connectivity index (χ4v) is 0.998. The Balaban J connectivity index is 2.62. The van der Waals surface area contributed by atoms with Crippen LogP contribution in [0, 0.1) is 0 Å². The van der Waals surface area contributed by atoms with Crippen molar-refractivity contribution in [1.82, 2.24) is 4.90 Å². The minimum absolute atomic E-state index is 0.760. The average molecular weight is 137 g/mol. The van der Waals surface area contributed by atoms with Gasteiger partial charge in [-0.15, -0.1) is 0 Å². The minimum Gasteiger partial charge on any atom is -0.373 e. The molecule has 1 heterocycles. The van der Waals surface area contributed by atoms with Crippen LogP contribution in [0.1, 0.15) is 13.3 Å². The van der Waals surface area contributed by atoms with Gasteiger partial charge in [0.2, 0.25) is 0 Å². The summed E-state index contributed by atoms with van der Waals surface area (Å²) in [5, 5.41) is 0. The molecule has 0 unspecified atom stereocenters. The Labute approximate surface area is 60.8 Å². The van der Waals surface area contributed by atoms with E-state index >= 15 is 0 Å². The Bertz CT molecular complexity index is 189. The maximum absolute atomic E-state index is 10.2. The SMILES string of the molecule is CCN1C=CCC(=C=O)C1. The van der Waals surface area contributed by atoms with Crippen LogP contribution in [-0.2, 0) is 4.79 Å². The number of rotatable bonds is 1. The lowest BCUT2D eigenvalue weighted by Crippen LogP contribution is -2.22. The summed E-state index contributed by atoms with van der Waals surface area (Å²) in [4.78, 5) is 12.3. The van der Waals surface area contributed by atoms with Gasteiger partial charge in [-0.3, -0.25) is 0 Å². The lowest BCUT2D eigenvalue weighted by atomic mass is 10.1. The Kier molecular flexibility index (Phi) is 2.30. The second kappa shape index (κ2) is 3.23. The number of carbonyl (C=O) groups excluding carboxylic acids is 1.